The van der Waals surface area contributed by atoms with Crippen LogP contribution in [0.2, 0.25) is 0 Å². The standard InChI is InChI=1S/C15H15FOS/c16-14-6-4-5-13(11-14)12-18-10-9-17-15-7-2-1-3-8-15/h1-8,11H,9-10,12H2. The summed E-state index contributed by atoms with van der Waals surface area (Å²) in [6.45, 7) is 0.671. The summed E-state index contributed by atoms with van der Waals surface area (Å²) in [6.07, 6.45) is 0. The van der Waals surface area contributed by atoms with Gasteiger partial charge in [-0.1, -0.05) is 30.3 Å². The van der Waals surface area contributed by atoms with Gasteiger partial charge in [0.15, 0.2) is 0 Å². The maximum Gasteiger partial charge on any atom is 0.123 e. The van der Waals surface area contributed by atoms with Crippen molar-refractivity contribution in [1.82, 2.24) is 0 Å². The number of hydrogen-bond donors (Lipinski definition) is 0. The van der Waals surface area contributed by atoms with Gasteiger partial charge in [0.25, 0.3) is 0 Å². The van der Waals surface area contributed by atoms with Crippen molar-refractivity contribution in [2.75, 3.05) is 12.4 Å². The molecule has 0 saturated heterocycles. The Kier molecular flexibility index (Phi) is 5.09. The van der Waals surface area contributed by atoms with Crippen LogP contribution in [0.15, 0.2) is 54.6 Å². The van der Waals surface area contributed by atoms with Crippen molar-refractivity contribution >= 4 is 11.8 Å². The second-order valence-corrected chi connectivity index (χ2v) is 4.95. The van der Waals surface area contributed by atoms with Crippen LogP contribution >= 0.6 is 11.8 Å². The first-order valence-electron chi connectivity index (χ1n) is 5.84. The average Bonchev–Trinajstić information content (AvgIpc) is 2.40. The Morgan fingerprint density at radius 1 is 1.00 bits per heavy atom. The van der Waals surface area contributed by atoms with Gasteiger partial charge in [-0.2, -0.15) is 11.8 Å². The summed E-state index contributed by atoms with van der Waals surface area (Å²) >= 11 is 1.74. The van der Waals surface area contributed by atoms with Crippen molar-refractivity contribution in [3.63, 3.8) is 0 Å². The SMILES string of the molecule is Fc1cccc(CSCCOc2ccccc2)c1. The van der Waals surface area contributed by atoms with E-state index in [0.29, 0.717) is 6.61 Å². The Balaban J connectivity index is 1.65. The minimum atomic E-state index is -0.173. The molecule has 0 amide bonds. The second-order valence-electron chi connectivity index (χ2n) is 3.84. The normalized spacial score (nSPS) is 10.3. The number of halogens is 1. The van der Waals surface area contributed by atoms with Crippen molar-refractivity contribution in [2.24, 2.45) is 0 Å². The Hall–Kier alpha value is -1.48. The fourth-order valence-corrected chi connectivity index (χ4v) is 2.31. The maximum atomic E-state index is 12.9. The van der Waals surface area contributed by atoms with Crippen LogP contribution in [0.5, 0.6) is 5.75 Å². The largest absolute Gasteiger partial charge is 0.493 e. The van der Waals surface area contributed by atoms with E-state index in [0.717, 1.165) is 22.8 Å². The third-order valence-corrected chi connectivity index (χ3v) is 3.39. The molecule has 0 saturated carbocycles. The van der Waals surface area contributed by atoms with Crippen molar-refractivity contribution in [3.8, 4) is 5.75 Å². The molecule has 2 aromatic carbocycles. The van der Waals surface area contributed by atoms with Gasteiger partial charge in [0.05, 0.1) is 6.61 Å². The number of thioether (sulfide) groups is 1. The lowest BCUT2D eigenvalue weighted by atomic mass is 10.2. The summed E-state index contributed by atoms with van der Waals surface area (Å²) in [5, 5.41) is 0. The molecule has 0 aliphatic carbocycles. The van der Waals surface area contributed by atoms with Crippen LogP contribution in [0.3, 0.4) is 0 Å². The van der Waals surface area contributed by atoms with Gasteiger partial charge in [0.1, 0.15) is 11.6 Å². The smallest absolute Gasteiger partial charge is 0.123 e. The van der Waals surface area contributed by atoms with Gasteiger partial charge in [0, 0.05) is 11.5 Å². The van der Waals surface area contributed by atoms with Gasteiger partial charge >= 0.3 is 0 Å². The molecule has 18 heavy (non-hydrogen) atoms. The second kappa shape index (κ2) is 7.07. The minimum Gasteiger partial charge on any atom is -0.493 e. The molecule has 0 aliphatic rings. The average molecular weight is 262 g/mol. The molecule has 0 fully saturated rings. The zero-order valence-corrected chi connectivity index (χ0v) is 10.8. The predicted octanol–water partition coefficient (Wildman–Crippen LogP) is 4.14. The molecule has 2 rings (SSSR count). The fourth-order valence-electron chi connectivity index (χ4n) is 1.55. The van der Waals surface area contributed by atoms with E-state index >= 15 is 0 Å². The van der Waals surface area contributed by atoms with Gasteiger partial charge in [-0.15, -0.1) is 0 Å². The first-order chi connectivity index (χ1) is 8.84. The highest BCUT2D eigenvalue weighted by atomic mass is 32.2. The predicted molar refractivity (Wildman–Crippen MR) is 74.5 cm³/mol. The fraction of sp³-hybridized carbons (Fsp3) is 0.200. The van der Waals surface area contributed by atoms with Crippen LogP contribution in [0.25, 0.3) is 0 Å². The molecule has 94 valence electrons. The summed E-state index contributed by atoms with van der Waals surface area (Å²) in [4.78, 5) is 0. The number of benzene rings is 2. The van der Waals surface area contributed by atoms with Crippen LogP contribution in [0.4, 0.5) is 4.39 Å². The molecule has 0 aromatic heterocycles. The quantitative estimate of drug-likeness (QED) is 0.724. The Morgan fingerprint density at radius 2 is 1.83 bits per heavy atom. The van der Waals surface area contributed by atoms with Crippen LogP contribution in [0, 0.1) is 5.82 Å². The van der Waals surface area contributed by atoms with E-state index < -0.39 is 0 Å². The van der Waals surface area contributed by atoms with E-state index in [1.165, 1.54) is 6.07 Å². The first kappa shape index (κ1) is 13.0. The van der Waals surface area contributed by atoms with Crippen LogP contribution in [-0.2, 0) is 5.75 Å². The zero-order chi connectivity index (χ0) is 12.6. The van der Waals surface area contributed by atoms with Gasteiger partial charge in [-0.05, 0) is 29.8 Å². The molecule has 2 aromatic rings. The molecule has 0 radical (unpaired) electrons. The van der Waals surface area contributed by atoms with Gasteiger partial charge in [0.2, 0.25) is 0 Å². The van der Waals surface area contributed by atoms with E-state index in [1.807, 2.05) is 36.4 Å². The highest BCUT2D eigenvalue weighted by Gasteiger charge is 1.96. The first-order valence-corrected chi connectivity index (χ1v) is 7.00. The topological polar surface area (TPSA) is 9.23 Å². The highest BCUT2D eigenvalue weighted by Crippen LogP contribution is 2.14. The van der Waals surface area contributed by atoms with E-state index in [9.17, 15) is 4.39 Å². The molecule has 0 unspecified atom stereocenters. The number of ether oxygens (including phenoxy) is 1. The third kappa shape index (κ3) is 4.41. The molecule has 1 nitrogen and oxygen atoms in total. The Labute approximate surface area is 111 Å². The lowest BCUT2D eigenvalue weighted by molar-refractivity contribution is 0.344. The molecule has 0 atom stereocenters. The molecular formula is C15H15FOS. The van der Waals surface area contributed by atoms with Gasteiger partial charge < -0.3 is 4.74 Å². The van der Waals surface area contributed by atoms with Crippen LogP contribution < -0.4 is 4.74 Å². The van der Waals surface area contributed by atoms with Crippen molar-refractivity contribution < 1.29 is 9.13 Å². The van der Waals surface area contributed by atoms with Gasteiger partial charge in [-0.3, -0.25) is 0 Å². The molecule has 0 aliphatic heterocycles. The van der Waals surface area contributed by atoms with E-state index in [4.69, 9.17) is 4.74 Å². The highest BCUT2D eigenvalue weighted by molar-refractivity contribution is 7.98. The van der Waals surface area contributed by atoms with Gasteiger partial charge in [-0.25, -0.2) is 4.39 Å². The third-order valence-electron chi connectivity index (χ3n) is 2.40. The lowest BCUT2D eigenvalue weighted by Crippen LogP contribution is -2.00. The van der Waals surface area contributed by atoms with Crippen molar-refractivity contribution in [2.45, 2.75) is 5.75 Å². The number of hydrogen-bond acceptors (Lipinski definition) is 2. The molecular weight excluding hydrogens is 247 g/mol. The van der Waals surface area contributed by atoms with E-state index in [-0.39, 0.29) is 5.82 Å². The summed E-state index contributed by atoms with van der Waals surface area (Å²) < 4.78 is 18.5. The van der Waals surface area contributed by atoms with E-state index in [1.54, 1.807) is 23.9 Å². The molecule has 0 heterocycles. The van der Waals surface area contributed by atoms with Crippen LogP contribution in [0.1, 0.15) is 5.56 Å². The van der Waals surface area contributed by atoms with Crippen molar-refractivity contribution in [1.29, 1.82) is 0 Å². The summed E-state index contributed by atoms with van der Waals surface area (Å²) in [7, 11) is 0. The minimum absolute atomic E-state index is 0.173. The number of para-hydroxylation sites is 1. The Bertz CT molecular complexity index is 473. The van der Waals surface area contributed by atoms with Crippen molar-refractivity contribution in [3.05, 3.63) is 66.0 Å². The summed E-state index contributed by atoms with van der Waals surface area (Å²) in [5.41, 5.74) is 1.01. The molecule has 0 spiro atoms. The number of rotatable bonds is 6. The molecule has 0 N–H and O–H groups in total. The summed E-state index contributed by atoms with van der Waals surface area (Å²) in [6, 6.07) is 16.5. The monoisotopic (exact) mass is 262 g/mol. The maximum absolute atomic E-state index is 12.9. The summed E-state index contributed by atoms with van der Waals surface area (Å²) in [5.74, 6) is 2.43. The zero-order valence-electron chi connectivity index (χ0n) is 10.0. The molecule has 3 heteroatoms. The Morgan fingerprint density at radius 3 is 2.61 bits per heavy atom. The van der Waals surface area contributed by atoms with E-state index in [2.05, 4.69) is 0 Å². The van der Waals surface area contributed by atoms with Crippen LogP contribution in [-0.4, -0.2) is 12.4 Å². The molecule has 0 bridgehead atoms. The lowest BCUT2D eigenvalue weighted by Gasteiger charge is -2.05.